The Morgan fingerprint density at radius 3 is 2.68 bits per heavy atom. The van der Waals surface area contributed by atoms with Gasteiger partial charge in [-0.05, 0) is 36.9 Å². The monoisotopic (exact) mass is 362 g/mol. The lowest BCUT2D eigenvalue weighted by Crippen LogP contribution is -2.33. The van der Waals surface area contributed by atoms with E-state index in [-0.39, 0.29) is 31.0 Å². The lowest BCUT2D eigenvalue weighted by atomic mass is 9.96. The van der Waals surface area contributed by atoms with Gasteiger partial charge in [-0.2, -0.15) is 0 Å². The Morgan fingerprint density at radius 2 is 2.00 bits per heavy atom. The largest absolute Gasteiger partial charge is 0.396 e. The van der Waals surface area contributed by atoms with Crippen molar-refractivity contribution in [3.8, 4) is 0 Å². The zero-order valence-corrected chi connectivity index (χ0v) is 15.6. The number of likely N-dealkylation sites (N-methyl/N-ethyl adjacent to an activating group) is 1. The van der Waals surface area contributed by atoms with E-state index in [9.17, 15) is 9.90 Å². The summed E-state index contributed by atoms with van der Waals surface area (Å²) in [6.07, 6.45) is 0. The lowest BCUT2D eigenvalue weighted by molar-refractivity contribution is 0.0783. The molecule has 1 aliphatic rings. The first-order valence-electron chi connectivity index (χ1n) is 8.72. The maximum Gasteiger partial charge on any atom is 0.264 e. The fourth-order valence-electron chi connectivity index (χ4n) is 3.70. The van der Waals surface area contributed by atoms with Gasteiger partial charge in [0.15, 0.2) is 0 Å². The number of carbonyl (C=O) groups is 1. The Morgan fingerprint density at radius 1 is 1.28 bits per heavy atom. The second-order valence-electron chi connectivity index (χ2n) is 6.95. The normalized spacial score (nSPS) is 20.8. The van der Waals surface area contributed by atoms with E-state index >= 15 is 0 Å². The van der Waals surface area contributed by atoms with E-state index in [4.69, 9.17) is 5.11 Å². The molecule has 0 saturated carbocycles. The average molecular weight is 362 g/mol. The quantitative estimate of drug-likeness (QED) is 0.823. The van der Waals surface area contributed by atoms with E-state index in [2.05, 4.69) is 17.0 Å². The molecule has 0 bridgehead atoms. The molecule has 5 nitrogen and oxygen atoms in total. The first kappa shape index (κ1) is 18.3. The molecule has 0 spiro atoms. The Kier molecular flexibility index (Phi) is 5.74. The number of hydrogen-bond acceptors (Lipinski definition) is 5. The minimum Gasteiger partial charge on any atom is -0.396 e. The SMILES string of the molecule is Cc1c(C(=O)N2C[C@@H](CN(C)CCO)[C@@H](CO)C2)sc2ccccc12. The summed E-state index contributed by atoms with van der Waals surface area (Å²) in [4.78, 5) is 17.8. The highest BCUT2D eigenvalue weighted by molar-refractivity contribution is 7.21. The van der Waals surface area contributed by atoms with Crippen LogP contribution in [0.5, 0.6) is 0 Å². The van der Waals surface area contributed by atoms with Crippen molar-refractivity contribution in [2.24, 2.45) is 11.8 Å². The summed E-state index contributed by atoms with van der Waals surface area (Å²) in [5.74, 6) is 0.407. The van der Waals surface area contributed by atoms with E-state index < -0.39 is 0 Å². The molecule has 1 aliphatic heterocycles. The number of thiophene rings is 1. The smallest absolute Gasteiger partial charge is 0.264 e. The van der Waals surface area contributed by atoms with Crippen molar-refractivity contribution in [3.05, 3.63) is 34.7 Å². The predicted molar refractivity (Wildman–Crippen MR) is 101 cm³/mol. The van der Waals surface area contributed by atoms with Crippen LogP contribution in [-0.2, 0) is 0 Å². The second-order valence-corrected chi connectivity index (χ2v) is 8.00. The highest BCUT2D eigenvalue weighted by Crippen LogP contribution is 2.33. The van der Waals surface area contributed by atoms with Crippen molar-refractivity contribution >= 4 is 27.3 Å². The average Bonchev–Trinajstić information content (AvgIpc) is 3.16. The van der Waals surface area contributed by atoms with Gasteiger partial charge >= 0.3 is 0 Å². The summed E-state index contributed by atoms with van der Waals surface area (Å²) in [6, 6.07) is 8.11. The number of aliphatic hydroxyl groups is 2. The molecule has 1 saturated heterocycles. The molecule has 3 rings (SSSR count). The summed E-state index contributed by atoms with van der Waals surface area (Å²) < 4.78 is 1.14. The highest BCUT2D eigenvalue weighted by atomic mass is 32.1. The van der Waals surface area contributed by atoms with Gasteiger partial charge in [-0.3, -0.25) is 4.79 Å². The number of amides is 1. The number of likely N-dealkylation sites (tertiary alicyclic amines) is 1. The van der Waals surface area contributed by atoms with Gasteiger partial charge in [-0.25, -0.2) is 0 Å². The van der Waals surface area contributed by atoms with Gasteiger partial charge in [-0.1, -0.05) is 18.2 Å². The van der Waals surface area contributed by atoms with Crippen LogP contribution in [0.15, 0.2) is 24.3 Å². The van der Waals surface area contributed by atoms with Crippen LogP contribution < -0.4 is 0 Å². The molecule has 1 fully saturated rings. The molecule has 2 heterocycles. The summed E-state index contributed by atoms with van der Waals surface area (Å²) in [7, 11) is 1.96. The standard InChI is InChI=1S/C19H26N2O3S/c1-13-16-5-3-4-6-17(16)25-18(13)19(24)21-10-14(15(11-21)12-23)9-20(2)7-8-22/h3-6,14-15,22-23H,7-12H2,1-2H3/t14-,15-/m1/s1. The molecule has 136 valence electrons. The minimum absolute atomic E-state index is 0.0736. The van der Waals surface area contributed by atoms with Gasteiger partial charge in [0, 0.05) is 43.4 Å². The van der Waals surface area contributed by atoms with E-state index in [1.165, 1.54) is 0 Å². The summed E-state index contributed by atoms with van der Waals surface area (Å²) >= 11 is 1.55. The van der Waals surface area contributed by atoms with Crippen molar-refractivity contribution in [3.63, 3.8) is 0 Å². The maximum atomic E-state index is 13.1. The van der Waals surface area contributed by atoms with Crippen LogP contribution in [0.3, 0.4) is 0 Å². The van der Waals surface area contributed by atoms with Gasteiger partial charge in [0.05, 0.1) is 11.5 Å². The topological polar surface area (TPSA) is 64.0 Å². The van der Waals surface area contributed by atoms with Gasteiger partial charge in [0.1, 0.15) is 0 Å². The predicted octanol–water partition coefficient (Wildman–Crippen LogP) is 1.81. The molecule has 1 amide bonds. The number of rotatable bonds is 6. The summed E-state index contributed by atoms with van der Waals surface area (Å²) in [5, 5.41) is 19.9. The first-order valence-corrected chi connectivity index (χ1v) is 9.54. The minimum atomic E-state index is 0.0736. The molecule has 1 aromatic heterocycles. The zero-order valence-electron chi connectivity index (χ0n) is 14.8. The molecule has 0 radical (unpaired) electrons. The van der Waals surface area contributed by atoms with Crippen molar-refractivity contribution in [2.75, 3.05) is 46.4 Å². The van der Waals surface area contributed by atoms with Crippen molar-refractivity contribution < 1.29 is 15.0 Å². The van der Waals surface area contributed by atoms with Gasteiger partial charge < -0.3 is 20.0 Å². The Bertz CT molecular complexity index is 745. The molecule has 0 unspecified atom stereocenters. The van der Waals surface area contributed by atoms with Crippen molar-refractivity contribution in [2.45, 2.75) is 6.92 Å². The fraction of sp³-hybridized carbons (Fsp3) is 0.526. The highest BCUT2D eigenvalue weighted by Gasteiger charge is 2.36. The third-order valence-corrected chi connectivity index (χ3v) is 6.42. The van der Waals surface area contributed by atoms with E-state index in [0.717, 1.165) is 27.1 Å². The second kappa shape index (κ2) is 7.83. The van der Waals surface area contributed by atoms with Crippen molar-refractivity contribution in [1.82, 2.24) is 9.80 Å². The van der Waals surface area contributed by atoms with E-state index in [1.54, 1.807) is 11.3 Å². The maximum absolute atomic E-state index is 13.1. The number of carbonyl (C=O) groups excluding carboxylic acids is 1. The van der Waals surface area contributed by atoms with Crippen LogP contribution in [0.1, 0.15) is 15.2 Å². The van der Waals surface area contributed by atoms with Crippen LogP contribution in [0.25, 0.3) is 10.1 Å². The number of fused-ring (bicyclic) bond motifs is 1. The van der Waals surface area contributed by atoms with Gasteiger partial charge in [0.25, 0.3) is 5.91 Å². The van der Waals surface area contributed by atoms with E-state index in [0.29, 0.717) is 19.6 Å². The number of aryl methyl sites for hydroxylation is 1. The van der Waals surface area contributed by atoms with Crippen LogP contribution in [0, 0.1) is 18.8 Å². The lowest BCUT2D eigenvalue weighted by Gasteiger charge is -2.23. The zero-order chi connectivity index (χ0) is 18.0. The summed E-state index contributed by atoms with van der Waals surface area (Å²) in [5.41, 5.74) is 1.05. The Balaban J connectivity index is 1.77. The molecule has 2 atom stereocenters. The molecule has 6 heteroatoms. The van der Waals surface area contributed by atoms with Crippen LogP contribution in [0.2, 0.25) is 0 Å². The third kappa shape index (κ3) is 3.72. The molecule has 2 N–H and O–H groups in total. The van der Waals surface area contributed by atoms with Crippen LogP contribution >= 0.6 is 11.3 Å². The van der Waals surface area contributed by atoms with Crippen LogP contribution in [0.4, 0.5) is 0 Å². The molecule has 1 aromatic carbocycles. The number of hydrogen-bond donors (Lipinski definition) is 2. The molecular formula is C19H26N2O3S. The molecule has 2 aromatic rings. The molecule has 0 aliphatic carbocycles. The van der Waals surface area contributed by atoms with Gasteiger partial charge in [0.2, 0.25) is 0 Å². The molecule has 25 heavy (non-hydrogen) atoms. The third-order valence-electron chi connectivity index (χ3n) is 5.16. The summed E-state index contributed by atoms with van der Waals surface area (Å²) in [6.45, 7) is 4.87. The number of aliphatic hydroxyl groups excluding tert-OH is 2. The Hall–Kier alpha value is -1.47. The van der Waals surface area contributed by atoms with Crippen LogP contribution in [-0.4, -0.2) is 72.4 Å². The number of benzene rings is 1. The number of nitrogens with zero attached hydrogens (tertiary/aromatic N) is 2. The van der Waals surface area contributed by atoms with E-state index in [1.807, 2.05) is 31.0 Å². The fourth-order valence-corrected chi connectivity index (χ4v) is 4.88. The Labute approximate surface area is 152 Å². The van der Waals surface area contributed by atoms with Crippen molar-refractivity contribution in [1.29, 1.82) is 0 Å². The molecular weight excluding hydrogens is 336 g/mol. The first-order chi connectivity index (χ1) is 12.0. The van der Waals surface area contributed by atoms with Gasteiger partial charge in [-0.15, -0.1) is 11.3 Å².